The van der Waals surface area contributed by atoms with Gasteiger partial charge in [-0.25, -0.2) is 9.37 Å². The maximum atomic E-state index is 12.7. The molecule has 0 aliphatic heterocycles. The maximum absolute atomic E-state index is 12.7. The number of carbonyl (C=O) groups excluding carboxylic acids is 1. The number of carbonyl (C=O) groups is 1. The molecule has 0 saturated carbocycles. The molecule has 0 saturated heterocycles. The second-order valence-electron chi connectivity index (χ2n) is 3.73. The Bertz CT molecular complexity index is 655. The number of nitrogens with zero attached hydrogens (tertiary/aromatic N) is 2. The monoisotopic (exact) mass is 325 g/mol. The average molecular weight is 326 g/mol. The normalized spacial score (nSPS) is 10.2. The van der Waals surface area contributed by atoms with Crippen LogP contribution in [0.4, 0.5) is 10.1 Å². The van der Waals surface area contributed by atoms with Gasteiger partial charge < -0.3 is 5.32 Å². The molecule has 7 heteroatoms. The third kappa shape index (κ3) is 3.47. The van der Waals surface area contributed by atoms with Gasteiger partial charge in [0.1, 0.15) is 16.8 Å². The van der Waals surface area contributed by atoms with Crippen LogP contribution in [-0.2, 0) is 11.3 Å². The summed E-state index contributed by atoms with van der Waals surface area (Å²) in [5, 5.41) is 2.56. The topological polar surface area (TPSA) is 64.0 Å². The lowest BCUT2D eigenvalue weighted by atomic mass is 10.3. The molecule has 0 atom stereocenters. The van der Waals surface area contributed by atoms with E-state index in [1.54, 1.807) is 0 Å². The highest BCUT2D eigenvalue weighted by Gasteiger charge is 2.07. The van der Waals surface area contributed by atoms with E-state index in [2.05, 4.69) is 26.2 Å². The molecule has 1 N–H and O–H groups in total. The van der Waals surface area contributed by atoms with Crippen LogP contribution < -0.4 is 10.9 Å². The van der Waals surface area contributed by atoms with E-state index in [1.165, 1.54) is 41.4 Å². The zero-order valence-electron chi connectivity index (χ0n) is 9.64. The first-order chi connectivity index (χ1) is 9.06. The molecule has 0 fully saturated rings. The van der Waals surface area contributed by atoms with Crippen LogP contribution in [0.15, 0.2) is 46.1 Å². The standard InChI is InChI=1S/C12H9BrFN3O2/c13-10-5-15-7-17(12(10)19)6-11(18)16-9-3-1-8(14)2-4-9/h1-5,7H,6H2,(H,16,18). The van der Waals surface area contributed by atoms with Crippen molar-refractivity contribution in [2.45, 2.75) is 6.54 Å². The van der Waals surface area contributed by atoms with Gasteiger partial charge >= 0.3 is 0 Å². The van der Waals surface area contributed by atoms with E-state index in [4.69, 9.17) is 0 Å². The Morgan fingerprint density at radius 1 is 1.37 bits per heavy atom. The second-order valence-corrected chi connectivity index (χ2v) is 4.58. The molecular formula is C12H9BrFN3O2. The summed E-state index contributed by atoms with van der Waals surface area (Å²) in [6.07, 6.45) is 2.63. The largest absolute Gasteiger partial charge is 0.325 e. The molecule has 5 nitrogen and oxygen atoms in total. The molecular weight excluding hydrogens is 317 g/mol. The first-order valence-corrected chi connectivity index (χ1v) is 6.11. The number of anilines is 1. The summed E-state index contributed by atoms with van der Waals surface area (Å²) in [5.74, 6) is -0.779. The van der Waals surface area contributed by atoms with Crippen LogP contribution in [-0.4, -0.2) is 15.5 Å². The fourth-order valence-corrected chi connectivity index (χ4v) is 1.77. The number of hydrogen-bond donors (Lipinski definition) is 1. The van der Waals surface area contributed by atoms with Gasteiger partial charge in [-0.3, -0.25) is 14.2 Å². The first-order valence-electron chi connectivity index (χ1n) is 5.31. The van der Waals surface area contributed by atoms with E-state index in [0.29, 0.717) is 5.69 Å². The Morgan fingerprint density at radius 2 is 2.05 bits per heavy atom. The number of hydrogen-bond acceptors (Lipinski definition) is 3. The number of halogens is 2. The van der Waals surface area contributed by atoms with Gasteiger partial charge in [-0.1, -0.05) is 0 Å². The van der Waals surface area contributed by atoms with E-state index in [1.807, 2.05) is 0 Å². The molecule has 0 aliphatic carbocycles. The van der Waals surface area contributed by atoms with E-state index in [-0.39, 0.29) is 22.4 Å². The summed E-state index contributed by atoms with van der Waals surface area (Å²) < 4.78 is 14.1. The highest BCUT2D eigenvalue weighted by atomic mass is 79.9. The van der Waals surface area contributed by atoms with Crippen LogP contribution in [0.3, 0.4) is 0 Å². The third-order valence-corrected chi connectivity index (χ3v) is 2.84. The molecule has 2 aromatic rings. The number of amides is 1. The number of benzene rings is 1. The van der Waals surface area contributed by atoms with Crippen molar-refractivity contribution < 1.29 is 9.18 Å². The zero-order chi connectivity index (χ0) is 13.8. The minimum atomic E-state index is -0.395. The lowest BCUT2D eigenvalue weighted by molar-refractivity contribution is -0.116. The summed E-state index contributed by atoms with van der Waals surface area (Å²) in [7, 11) is 0. The molecule has 2 rings (SSSR count). The summed E-state index contributed by atoms with van der Waals surface area (Å²) >= 11 is 3.04. The van der Waals surface area contributed by atoms with E-state index in [0.717, 1.165) is 0 Å². The predicted molar refractivity (Wildman–Crippen MR) is 71.2 cm³/mol. The van der Waals surface area contributed by atoms with Gasteiger partial charge in [0.05, 0.1) is 6.33 Å². The molecule has 0 radical (unpaired) electrons. The van der Waals surface area contributed by atoms with Crippen molar-refractivity contribution >= 4 is 27.5 Å². The molecule has 1 aromatic heterocycles. The van der Waals surface area contributed by atoms with Gasteiger partial charge in [0.25, 0.3) is 5.56 Å². The van der Waals surface area contributed by atoms with Gasteiger partial charge in [-0.2, -0.15) is 0 Å². The summed E-state index contributed by atoms with van der Waals surface area (Å²) in [5.41, 5.74) is 0.117. The molecule has 1 amide bonds. The van der Waals surface area contributed by atoms with Crippen LogP contribution in [0.2, 0.25) is 0 Å². The van der Waals surface area contributed by atoms with E-state index < -0.39 is 5.91 Å². The van der Waals surface area contributed by atoms with Crippen LogP contribution >= 0.6 is 15.9 Å². The van der Waals surface area contributed by atoms with E-state index >= 15 is 0 Å². The van der Waals surface area contributed by atoms with Crippen molar-refractivity contribution in [3.8, 4) is 0 Å². The molecule has 98 valence electrons. The van der Waals surface area contributed by atoms with Gasteiger partial charge in [0, 0.05) is 11.9 Å². The van der Waals surface area contributed by atoms with Crippen molar-refractivity contribution in [2.24, 2.45) is 0 Å². The smallest absolute Gasteiger partial charge is 0.268 e. The maximum Gasteiger partial charge on any atom is 0.268 e. The fourth-order valence-electron chi connectivity index (χ4n) is 1.43. The number of rotatable bonds is 3. The summed E-state index contributed by atoms with van der Waals surface area (Å²) in [6, 6.07) is 5.36. The van der Waals surface area contributed by atoms with Crippen molar-refractivity contribution in [1.29, 1.82) is 0 Å². The molecule has 1 aromatic carbocycles. The highest BCUT2D eigenvalue weighted by molar-refractivity contribution is 9.10. The Kier molecular flexibility index (Phi) is 4.06. The third-order valence-electron chi connectivity index (χ3n) is 2.30. The first kappa shape index (κ1) is 13.4. The Morgan fingerprint density at radius 3 is 2.74 bits per heavy atom. The van der Waals surface area contributed by atoms with Crippen LogP contribution in [0, 0.1) is 5.82 Å². The zero-order valence-corrected chi connectivity index (χ0v) is 11.2. The number of nitrogens with one attached hydrogen (secondary N) is 1. The van der Waals surface area contributed by atoms with Gasteiger partial charge in [0.15, 0.2) is 0 Å². The van der Waals surface area contributed by atoms with Gasteiger partial charge in [-0.15, -0.1) is 0 Å². The Hall–Kier alpha value is -2.02. The van der Waals surface area contributed by atoms with Crippen LogP contribution in [0.5, 0.6) is 0 Å². The van der Waals surface area contributed by atoms with Gasteiger partial charge in [-0.05, 0) is 40.2 Å². The molecule has 0 unspecified atom stereocenters. The van der Waals surface area contributed by atoms with E-state index in [9.17, 15) is 14.0 Å². The fraction of sp³-hybridized carbons (Fsp3) is 0.0833. The lowest BCUT2D eigenvalue weighted by Crippen LogP contribution is -2.28. The number of aromatic nitrogens is 2. The molecule has 0 bridgehead atoms. The van der Waals surface area contributed by atoms with Crippen molar-refractivity contribution in [1.82, 2.24) is 9.55 Å². The SMILES string of the molecule is O=C(Cn1cncc(Br)c1=O)Nc1ccc(F)cc1. The van der Waals surface area contributed by atoms with Crippen molar-refractivity contribution in [3.05, 3.63) is 57.4 Å². The quantitative estimate of drug-likeness (QED) is 0.935. The average Bonchev–Trinajstić information content (AvgIpc) is 2.38. The molecule has 1 heterocycles. The Balaban J connectivity index is 2.07. The molecule has 0 spiro atoms. The van der Waals surface area contributed by atoms with Crippen molar-refractivity contribution in [3.63, 3.8) is 0 Å². The predicted octanol–water partition coefficient (Wildman–Crippen LogP) is 1.78. The Labute approximate surface area is 116 Å². The van der Waals surface area contributed by atoms with Crippen LogP contribution in [0.1, 0.15) is 0 Å². The minimum absolute atomic E-state index is 0.164. The minimum Gasteiger partial charge on any atom is -0.325 e. The summed E-state index contributed by atoms with van der Waals surface area (Å²) in [4.78, 5) is 27.2. The van der Waals surface area contributed by atoms with Crippen molar-refractivity contribution in [2.75, 3.05) is 5.32 Å². The summed E-state index contributed by atoms with van der Waals surface area (Å²) in [6.45, 7) is -0.164. The lowest BCUT2D eigenvalue weighted by Gasteiger charge is -2.07. The second kappa shape index (κ2) is 5.75. The molecule has 0 aliphatic rings. The van der Waals surface area contributed by atoms with Gasteiger partial charge in [0.2, 0.25) is 5.91 Å². The van der Waals surface area contributed by atoms with Crippen LogP contribution in [0.25, 0.3) is 0 Å². The highest BCUT2D eigenvalue weighted by Crippen LogP contribution is 2.08. The molecule has 19 heavy (non-hydrogen) atoms.